The molecule has 6 rings (SSSR count). The van der Waals surface area contributed by atoms with Gasteiger partial charge in [-0.25, -0.2) is 4.99 Å². The average Bonchev–Trinajstić information content (AvgIpc) is 3.69. The van der Waals surface area contributed by atoms with Gasteiger partial charge in [0.05, 0.1) is 30.4 Å². The van der Waals surface area contributed by atoms with Gasteiger partial charge in [0.1, 0.15) is 6.61 Å². The van der Waals surface area contributed by atoms with Crippen LogP contribution in [0, 0.1) is 0 Å². The van der Waals surface area contributed by atoms with E-state index < -0.39 is 0 Å². The number of rotatable bonds is 9. The van der Waals surface area contributed by atoms with Crippen molar-refractivity contribution in [2.75, 3.05) is 33.4 Å². The Bertz CT molecular complexity index is 1530. The van der Waals surface area contributed by atoms with Crippen molar-refractivity contribution in [2.24, 2.45) is 4.99 Å². The smallest absolute Gasteiger partial charge is 0.266 e. The molecule has 2 amide bonds. The number of likely N-dealkylation sites (tertiary alicyclic amines) is 1. The van der Waals surface area contributed by atoms with Gasteiger partial charge in [-0.05, 0) is 97.5 Å². The maximum atomic E-state index is 13.6. The minimum absolute atomic E-state index is 0.0164. The van der Waals surface area contributed by atoms with Crippen molar-refractivity contribution in [1.29, 1.82) is 0 Å². The zero-order chi connectivity index (χ0) is 30.3. The fourth-order valence-electron chi connectivity index (χ4n) is 5.59. The molecule has 3 heterocycles. The number of benzene rings is 3. The van der Waals surface area contributed by atoms with E-state index in [1.165, 1.54) is 18.2 Å². The van der Waals surface area contributed by atoms with Crippen molar-refractivity contribution >= 4 is 40.5 Å². The molecule has 228 valence electrons. The van der Waals surface area contributed by atoms with E-state index in [1.54, 1.807) is 12.0 Å². The molecule has 3 aromatic carbocycles. The van der Waals surface area contributed by atoms with Gasteiger partial charge in [0.2, 0.25) is 0 Å². The molecule has 9 heteroatoms. The number of amidine groups is 1. The van der Waals surface area contributed by atoms with Crippen molar-refractivity contribution in [1.82, 2.24) is 9.80 Å². The normalized spacial score (nSPS) is 20.5. The SMILES string of the molecule is COc1cc(/C=C2\SC(=Nc3ccccc3)N(C[C@H]3CCCO3)C2=O)ccc1OCc1ccc(C(=O)N2CCCCC2)cc1. The van der Waals surface area contributed by atoms with Gasteiger partial charge in [-0.1, -0.05) is 36.4 Å². The lowest BCUT2D eigenvalue weighted by atomic mass is 10.1. The number of carbonyl (C=O) groups is 2. The fraction of sp³-hybridized carbons (Fsp3) is 0.343. The summed E-state index contributed by atoms with van der Waals surface area (Å²) in [5, 5.41) is 0.651. The molecule has 0 aromatic heterocycles. The van der Waals surface area contributed by atoms with E-state index in [2.05, 4.69) is 0 Å². The van der Waals surface area contributed by atoms with Gasteiger partial charge in [-0.15, -0.1) is 0 Å². The molecule has 44 heavy (non-hydrogen) atoms. The van der Waals surface area contributed by atoms with E-state index in [1.807, 2.05) is 83.8 Å². The van der Waals surface area contributed by atoms with Crippen molar-refractivity contribution in [2.45, 2.75) is 44.8 Å². The van der Waals surface area contributed by atoms with E-state index in [-0.39, 0.29) is 17.9 Å². The van der Waals surface area contributed by atoms with E-state index in [0.29, 0.717) is 40.3 Å². The molecule has 3 fully saturated rings. The topological polar surface area (TPSA) is 80.7 Å². The van der Waals surface area contributed by atoms with Crippen LogP contribution in [0.2, 0.25) is 0 Å². The maximum absolute atomic E-state index is 13.6. The van der Waals surface area contributed by atoms with Gasteiger partial charge >= 0.3 is 0 Å². The third kappa shape index (κ3) is 7.17. The summed E-state index contributed by atoms with van der Waals surface area (Å²) in [6.07, 6.45) is 7.16. The molecule has 0 radical (unpaired) electrons. The van der Waals surface area contributed by atoms with Crippen LogP contribution < -0.4 is 9.47 Å². The number of para-hydroxylation sites is 1. The van der Waals surface area contributed by atoms with Crippen LogP contribution >= 0.6 is 11.8 Å². The number of carbonyl (C=O) groups excluding carboxylic acids is 2. The summed E-state index contributed by atoms with van der Waals surface area (Å²) in [6, 6.07) is 22.9. The van der Waals surface area contributed by atoms with Crippen molar-refractivity contribution in [3.63, 3.8) is 0 Å². The van der Waals surface area contributed by atoms with E-state index >= 15 is 0 Å². The third-order valence-corrected chi connectivity index (χ3v) is 9.01. The molecular formula is C35H37N3O5S. The Morgan fingerprint density at radius 2 is 1.80 bits per heavy atom. The number of thioether (sulfide) groups is 1. The number of ether oxygens (including phenoxy) is 3. The zero-order valence-corrected chi connectivity index (χ0v) is 25.8. The highest BCUT2D eigenvalue weighted by atomic mass is 32.2. The Labute approximate surface area is 262 Å². The summed E-state index contributed by atoms with van der Waals surface area (Å²) in [5.74, 6) is 1.18. The number of hydrogen-bond donors (Lipinski definition) is 0. The van der Waals surface area contributed by atoms with E-state index in [4.69, 9.17) is 19.2 Å². The van der Waals surface area contributed by atoms with Crippen LogP contribution in [0.5, 0.6) is 11.5 Å². The van der Waals surface area contributed by atoms with Crippen LogP contribution in [0.15, 0.2) is 82.7 Å². The Morgan fingerprint density at radius 1 is 1.00 bits per heavy atom. The first-order valence-electron chi connectivity index (χ1n) is 15.2. The number of methoxy groups -OCH3 is 1. The zero-order valence-electron chi connectivity index (χ0n) is 24.9. The number of piperidine rings is 1. The first kappa shape index (κ1) is 30.0. The summed E-state index contributed by atoms with van der Waals surface area (Å²) in [7, 11) is 1.60. The number of amides is 2. The summed E-state index contributed by atoms with van der Waals surface area (Å²) < 4.78 is 17.6. The lowest BCUT2D eigenvalue weighted by molar-refractivity contribution is -0.123. The van der Waals surface area contributed by atoms with Crippen molar-refractivity contribution in [3.8, 4) is 11.5 Å². The summed E-state index contributed by atoms with van der Waals surface area (Å²) >= 11 is 1.37. The second-order valence-electron chi connectivity index (χ2n) is 11.1. The maximum Gasteiger partial charge on any atom is 0.266 e. The number of aliphatic imine (C=N–C) groups is 1. The van der Waals surface area contributed by atoms with Gasteiger partial charge in [0.15, 0.2) is 16.7 Å². The molecule has 1 atom stereocenters. The van der Waals surface area contributed by atoms with Gasteiger partial charge < -0.3 is 19.1 Å². The molecule has 0 spiro atoms. The molecule has 0 saturated carbocycles. The minimum Gasteiger partial charge on any atom is -0.493 e. The summed E-state index contributed by atoms with van der Waals surface area (Å²) in [5.41, 5.74) is 3.28. The highest BCUT2D eigenvalue weighted by Gasteiger charge is 2.36. The van der Waals surface area contributed by atoms with Crippen LogP contribution in [0.1, 0.15) is 53.6 Å². The second-order valence-corrected chi connectivity index (χ2v) is 12.1. The molecule has 3 saturated heterocycles. The third-order valence-electron chi connectivity index (χ3n) is 8.00. The Balaban J connectivity index is 1.14. The predicted octanol–water partition coefficient (Wildman–Crippen LogP) is 6.68. The van der Waals surface area contributed by atoms with Gasteiger partial charge in [-0.3, -0.25) is 14.5 Å². The van der Waals surface area contributed by atoms with Gasteiger partial charge in [-0.2, -0.15) is 0 Å². The van der Waals surface area contributed by atoms with Crippen LogP contribution in [0.3, 0.4) is 0 Å². The lowest BCUT2D eigenvalue weighted by Gasteiger charge is -2.26. The van der Waals surface area contributed by atoms with Crippen LogP contribution in [-0.4, -0.2) is 66.2 Å². The minimum atomic E-state index is -0.0818. The van der Waals surface area contributed by atoms with Crippen molar-refractivity contribution < 1.29 is 23.8 Å². The van der Waals surface area contributed by atoms with Gasteiger partial charge in [0.25, 0.3) is 11.8 Å². The molecule has 8 nitrogen and oxygen atoms in total. The average molecular weight is 612 g/mol. The van der Waals surface area contributed by atoms with E-state index in [9.17, 15) is 9.59 Å². The van der Waals surface area contributed by atoms with Crippen LogP contribution in [-0.2, 0) is 16.1 Å². The lowest BCUT2D eigenvalue weighted by Crippen LogP contribution is -2.36. The quantitative estimate of drug-likeness (QED) is 0.251. The fourth-order valence-corrected chi connectivity index (χ4v) is 6.59. The predicted molar refractivity (Wildman–Crippen MR) is 173 cm³/mol. The van der Waals surface area contributed by atoms with Crippen LogP contribution in [0.25, 0.3) is 6.08 Å². The Hall–Kier alpha value is -4.08. The molecular weight excluding hydrogens is 574 g/mol. The Kier molecular flexibility index (Phi) is 9.63. The first-order chi connectivity index (χ1) is 21.6. The highest BCUT2D eigenvalue weighted by molar-refractivity contribution is 8.18. The van der Waals surface area contributed by atoms with Crippen molar-refractivity contribution in [3.05, 3.63) is 94.4 Å². The van der Waals surface area contributed by atoms with Crippen LogP contribution in [0.4, 0.5) is 5.69 Å². The molecule has 0 bridgehead atoms. The largest absolute Gasteiger partial charge is 0.493 e. The summed E-state index contributed by atoms with van der Waals surface area (Å²) in [4.78, 5) is 35.4. The first-order valence-corrected chi connectivity index (χ1v) is 16.0. The Morgan fingerprint density at radius 3 is 2.52 bits per heavy atom. The summed E-state index contributed by atoms with van der Waals surface area (Å²) in [6.45, 7) is 3.21. The molecule has 3 aromatic rings. The molecule has 3 aliphatic rings. The standard InChI is InChI=1S/C35H37N3O5S/c1-41-31-21-26(14-17-30(31)43-24-25-12-15-27(16-13-25)33(39)37-18-6-3-7-19-37)22-32-34(40)38(23-29-11-8-20-42-29)35(44-32)36-28-9-4-2-5-10-28/h2,4-5,9-10,12-17,21-22,29H,3,6-8,11,18-20,23-24H2,1H3/b32-22-,36-35?/t29-/m1/s1. The molecule has 0 N–H and O–H groups in total. The monoisotopic (exact) mass is 611 g/mol. The number of nitrogens with zero attached hydrogens (tertiary/aromatic N) is 3. The molecule has 0 unspecified atom stereocenters. The van der Waals surface area contributed by atoms with E-state index in [0.717, 1.165) is 62.2 Å². The second kappa shape index (κ2) is 14.1. The van der Waals surface area contributed by atoms with Gasteiger partial charge in [0, 0.05) is 25.3 Å². The number of hydrogen-bond acceptors (Lipinski definition) is 7. The molecule has 0 aliphatic carbocycles. The molecule has 3 aliphatic heterocycles. The highest BCUT2D eigenvalue weighted by Crippen LogP contribution is 2.37.